The summed E-state index contributed by atoms with van der Waals surface area (Å²) in [6.07, 6.45) is 0.0488. The van der Waals surface area contributed by atoms with Gasteiger partial charge in [0.2, 0.25) is 0 Å². The number of carbonyl (C=O) groups is 5. The first-order valence-corrected chi connectivity index (χ1v) is 21.6. The van der Waals surface area contributed by atoms with Crippen LogP contribution in [-0.2, 0) is 74.7 Å². The molecule has 2 aliphatic heterocycles. The van der Waals surface area contributed by atoms with Gasteiger partial charge in [0.05, 0.1) is 98.9 Å². The van der Waals surface area contributed by atoms with Crippen molar-refractivity contribution in [3.8, 4) is 23.0 Å². The molecule has 0 radical (unpaired) electrons. The third-order valence-corrected chi connectivity index (χ3v) is 9.52. The predicted molar refractivity (Wildman–Crippen MR) is 228 cm³/mol. The highest BCUT2D eigenvalue weighted by molar-refractivity contribution is 5.83. The second kappa shape index (κ2) is 32.6. The Kier molecular flexibility index (Phi) is 26.4. The van der Waals surface area contributed by atoms with E-state index in [0.717, 1.165) is 0 Å². The molecule has 0 amide bonds. The summed E-state index contributed by atoms with van der Waals surface area (Å²) in [5.74, 6) is 0.372. The van der Waals surface area contributed by atoms with E-state index in [0.29, 0.717) is 113 Å². The number of hydrogen-bond donors (Lipinski definition) is 1. The molecule has 0 aliphatic carbocycles. The van der Waals surface area contributed by atoms with Crippen LogP contribution in [0.25, 0.3) is 0 Å². The quantitative estimate of drug-likeness (QED) is 0.125. The monoisotopic (exact) mass is 921 g/mol. The van der Waals surface area contributed by atoms with Crippen molar-refractivity contribution < 1.29 is 85.9 Å². The molecule has 2 aromatic carbocycles. The molecule has 0 spiro atoms. The van der Waals surface area contributed by atoms with E-state index in [9.17, 15) is 29.1 Å². The first-order valence-electron chi connectivity index (χ1n) is 21.6. The highest BCUT2D eigenvalue weighted by Crippen LogP contribution is 2.30. The van der Waals surface area contributed by atoms with Gasteiger partial charge in [0.25, 0.3) is 12.9 Å². The van der Waals surface area contributed by atoms with E-state index in [1.54, 1.807) is 51.1 Å². The predicted octanol–water partition coefficient (Wildman–Crippen LogP) is 0.504. The molecule has 0 atom stereocenters. The highest BCUT2D eigenvalue weighted by Gasteiger charge is 2.20. The third-order valence-electron chi connectivity index (χ3n) is 9.52. The Morgan fingerprint density at radius 2 is 0.785 bits per heavy atom. The number of Topliss-reactive ketones (excluding diaryl/α,β-unsaturated/α-hetero) is 2. The molecule has 0 unspecified atom stereocenters. The number of ketones is 2. The summed E-state index contributed by atoms with van der Waals surface area (Å²) in [6.45, 7) is 6.02. The van der Waals surface area contributed by atoms with Crippen LogP contribution in [0.2, 0.25) is 0 Å². The van der Waals surface area contributed by atoms with Gasteiger partial charge in [-0.1, -0.05) is 12.1 Å². The first-order chi connectivity index (χ1) is 31.8. The van der Waals surface area contributed by atoms with Crippen LogP contribution in [0, 0.1) is 0 Å². The molecule has 4 rings (SSSR count). The van der Waals surface area contributed by atoms with Crippen LogP contribution in [-0.4, -0.2) is 215 Å². The fourth-order valence-electron chi connectivity index (χ4n) is 6.46. The lowest BCUT2D eigenvalue weighted by Crippen LogP contribution is -2.44. The van der Waals surface area contributed by atoms with E-state index in [-0.39, 0.29) is 123 Å². The molecule has 21 nitrogen and oxygen atoms in total. The van der Waals surface area contributed by atoms with Crippen molar-refractivity contribution in [3.63, 3.8) is 0 Å². The maximum atomic E-state index is 13.4. The Morgan fingerprint density at radius 3 is 1.12 bits per heavy atom. The zero-order valence-electron chi connectivity index (χ0n) is 36.9. The fourth-order valence-corrected chi connectivity index (χ4v) is 6.46. The summed E-state index contributed by atoms with van der Waals surface area (Å²) in [5.41, 5.74) is 1.33. The average Bonchev–Trinajstić information content (AvgIpc) is 3.30. The van der Waals surface area contributed by atoms with Crippen molar-refractivity contribution in [1.29, 1.82) is 0 Å². The lowest BCUT2D eigenvalue weighted by Gasteiger charge is -2.28. The van der Waals surface area contributed by atoms with E-state index in [1.807, 2.05) is 0 Å². The zero-order valence-corrected chi connectivity index (χ0v) is 36.9. The van der Waals surface area contributed by atoms with E-state index >= 15 is 0 Å². The fraction of sp³-hybridized carbons (Fsp3) is 0.614. The molecule has 21 heteroatoms. The molecule has 0 fully saturated rings. The largest absolute Gasteiger partial charge is 0.487 e. The number of nitrogens with zero attached hydrogens (tertiary/aromatic N) is 3. The second-order valence-corrected chi connectivity index (χ2v) is 14.6. The Bertz CT molecular complexity index is 1590. The molecule has 65 heavy (non-hydrogen) atoms. The molecule has 0 bridgehead atoms. The van der Waals surface area contributed by atoms with Gasteiger partial charge in [0.1, 0.15) is 39.9 Å². The van der Waals surface area contributed by atoms with Gasteiger partial charge in [0.15, 0.2) is 34.6 Å². The number of carboxylic acids is 1. The van der Waals surface area contributed by atoms with Gasteiger partial charge in [-0.25, -0.2) is 0 Å². The smallest absolute Gasteiger partial charge is 0.317 e. The van der Waals surface area contributed by atoms with E-state index in [4.69, 9.17) is 56.8 Å². The number of carbonyl (C=O) groups excluding carboxylic acids is 4. The van der Waals surface area contributed by atoms with E-state index in [2.05, 4.69) is 0 Å². The molecule has 362 valence electrons. The Labute approximate surface area is 378 Å². The Balaban J connectivity index is 1.33. The SMILES string of the molecule is O=COCN(CCN(CCN(COC=O)CC(=O)Cc1ccc2c(c1)OCCOCCOCCOCCO2)CC(=O)O)CC(=O)Cc1ccc2c(c1)OCCOCCOCCOCCO2. The summed E-state index contributed by atoms with van der Waals surface area (Å²) < 4.78 is 66.7. The summed E-state index contributed by atoms with van der Waals surface area (Å²) in [7, 11) is 0. The average molecular weight is 922 g/mol. The number of ether oxygens (including phenoxy) is 12. The number of benzene rings is 2. The van der Waals surface area contributed by atoms with Gasteiger partial charge in [-0.15, -0.1) is 0 Å². The van der Waals surface area contributed by atoms with Crippen LogP contribution >= 0.6 is 0 Å². The van der Waals surface area contributed by atoms with Crippen molar-refractivity contribution in [2.45, 2.75) is 12.8 Å². The van der Waals surface area contributed by atoms with Gasteiger partial charge in [-0.05, 0) is 35.4 Å². The molecular weight excluding hydrogens is 858 g/mol. The molecule has 2 aliphatic rings. The minimum absolute atomic E-state index is 0.0244. The number of aliphatic carboxylic acids is 1. The Hall–Kier alpha value is -4.97. The van der Waals surface area contributed by atoms with Crippen LogP contribution in [0.15, 0.2) is 36.4 Å². The van der Waals surface area contributed by atoms with Gasteiger partial charge in [-0.2, -0.15) is 0 Å². The molecule has 2 aromatic rings. The lowest BCUT2D eigenvalue weighted by molar-refractivity contribution is -0.139. The first kappa shape index (κ1) is 52.7. The third kappa shape index (κ3) is 23.2. The molecule has 1 N–H and O–H groups in total. The van der Waals surface area contributed by atoms with Crippen LogP contribution in [0.3, 0.4) is 0 Å². The van der Waals surface area contributed by atoms with E-state index in [1.165, 1.54) is 0 Å². The Morgan fingerprint density at radius 1 is 0.462 bits per heavy atom. The maximum absolute atomic E-state index is 13.4. The van der Waals surface area contributed by atoms with E-state index < -0.39 is 5.97 Å². The van der Waals surface area contributed by atoms with Crippen LogP contribution in [0.5, 0.6) is 23.0 Å². The topological polar surface area (TPSA) is 226 Å². The highest BCUT2D eigenvalue weighted by atomic mass is 16.6. The summed E-state index contributed by atoms with van der Waals surface area (Å²) >= 11 is 0. The second-order valence-electron chi connectivity index (χ2n) is 14.6. The van der Waals surface area contributed by atoms with Crippen molar-refractivity contribution in [2.24, 2.45) is 0 Å². The van der Waals surface area contributed by atoms with Gasteiger partial charge < -0.3 is 61.9 Å². The molecule has 2 heterocycles. The van der Waals surface area contributed by atoms with Gasteiger partial charge >= 0.3 is 5.97 Å². The van der Waals surface area contributed by atoms with Crippen molar-refractivity contribution in [1.82, 2.24) is 14.7 Å². The van der Waals surface area contributed by atoms with Crippen molar-refractivity contribution >= 4 is 30.5 Å². The normalized spacial score (nSPS) is 16.3. The number of hydrogen-bond acceptors (Lipinski definition) is 20. The van der Waals surface area contributed by atoms with Crippen LogP contribution < -0.4 is 18.9 Å². The van der Waals surface area contributed by atoms with Crippen LogP contribution in [0.4, 0.5) is 0 Å². The number of rotatable bonds is 22. The molecule has 0 saturated carbocycles. The lowest BCUT2D eigenvalue weighted by atomic mass is 10.1. The van der Waals surface area contributed by atoms with Crippen molar-refractivity contribution in [3.05, 3.63) is 47.5 Å². The summed E-state index contributed by atoms with van der Waals surface area (Å²) in [6, 6.07) is 10.4. The number of carboxylic acid groups (broad SMARTS) is 1. The summed E-state index contributed by atoms with van der Waals surface area (Å²) in [5, 5.41) is 9.74. The zero-order chi connectivity index (χ0) is 46.2. The van der Waals surface area contributed by atoms with Gasteiger partial charge in [-0.3, -0.25) is 38.7 Å². The molecular formula is C44H63N3O18. The molecule has 0 saturated heterocycles. The van der Waals surface area contributed by atoms with Crippen molar-refractivity contribution in [2.75, 3.05) is 165 Å². The minimum Gasteiger partial charge on any atom is -0.487 e. The van der Waals surface area contributed by atoms with Crippen LogP contribution in [0.1, 0.15) is 11.1 Å². The summed E-state index contributed by atoms with van der Waals surface area (Å²) in [4.78, 5) is 65.8. The molecule has 0 aromatic heterocycles. The standard InChI is InChI=1S/C44H63N3O18/c48-34-60-32-46(29-38(50)25-36-1-3-40-42(27-36)64-23-19-58-15-11-54-9-13-56-17-21-62-40)7-5-45(31-44(52)53)6-8-47(33-61-35-49)30-39(51)26-37-2-4-41-43(28-37)65-24-20-59-16-12-55-10-14-57-18-22-63-41/h1-4,27-28,34-35H,5-26,29-33H2,(H,52,53). The minimum atomic E-state index is -1.10. The number of fused-ring (bicyclic) bond motifs is 2. The maximum Gasteiger partial charge on any atom is 0.317 e. The van der Waals surface area contributed by atoms with Gasteiger partial charge in [0, 0.05) is 39.0 Å².